The molecule has 0 N–H and O–H groups in total. The van der Waals surface area contributed by atoms with Gasteiger partial charge < -0.3 is 0 Å². The van der Waals surface area contributed by atoms with E-state index in [1.807, 2.05) is 6.08 Å². The monoisotopic (exact) mass is 140 g/mol. The molecule has 0 amide bonds. The van der Waals surface area contributed by atoms with Crippen molar-refractivity contribution in [1.29, 1.82) is 0 Å². The van der Waals surface area contributed by atoms with Crippen LogP contribution in [0.3, 0.4) is 0 Å². The molecular weight excluding hydrogens is 130 g/mol. The van der Waals surface area contributed by atoms with Crippen molar-refractivity contribution in [2.24, 2.45) is 5.92 Å². The summed E-state index contributed by atoms with van der Waals surface area (Å²) in [5.41, 5.74) is 1.16. The van der Waals surface area contributed by atoms with E-state index < -0.39 is 0 Å². The molecule has 0 spiro atoms. The summed E-state index contributed by atoms with van der Waals surface area (Å²) in [5.74, 6) is 0.679. The first-order valence-corrected chi connectivity index (χ1v) is 3.46. The molecular formula is C7H10NO2. The first-order valence-electron chi connectivity index (χ1n) is 3.46. The molecule has 2 rings (SSSR count). The van der Waals surface area contributed by atoms with Crippen molar-refractivity contribution in [3.05, 3.63) is 18.4 Å². The molecule has 0 bridgehead atoms. The predicted octanol–water partition coefficient (Wildman–Crippen LogP) is 1.25. The van der Waals surface area contributed by atoms with Gasteiger partial charge in [-0.3, -0.25) is 4.84 Å². The average molecular weight is 140 g/mol. The molecule has 1 radical (unpaired) electrons. The van der Waals surface area contributed by atoms with E-state index in [-0.39, 0.29) is 0 Å². The second-order valence-electron chi connectivity index (χ2n) is 2.55. The minimum absolute atomic E-state index is 0.679. The molecule has 0 atom stereocenters. The highest BCUT2D eigenvalue weighted by Crippen LogP contribution is 2.40. The lowest BCUT2D eigenvalue weighted by Crippen LogP contribution is -2.16. The zero-order chi connectivity index (χ0) is 6.97. The van der Waals surface area contributed by atoms with Crippen molar-refractivity contribution in [3.63, 3.8) is 0 Å². The van der Waals surface area contributed by atoms with Gasteiger partial charge in [0.25, 0.3) is 0 Å². The first-order chi connectivity index (χ1) is 4.92. The van der Waals surface area contributed by atoms with Crippen LogP contribution >= 0.6 is 0 Å². The van der Waals surface area contributed by atoms with Gasteiger partial charge in [0.1, 0.15) is 6.61 Å². The second-order valence-corrected chi connectivity index (χ2v) is 2.55. The summed E-state index contributed by atoms with van der Waals surface area (Å²) in [7, 11) is 1.61. The fraction of sp³-hybridized carbons (Fsp3) is 0.571. The lowest BCUT2D eigenvalue weighted by molar-refractivity contribution is -0.303. The molecule has 0 aromatic heterocycles. The van der Waals surface area contributed by atoms with Gasteiger partial charge in [0.15, 0.2) is 0 Å². The van der Waals surface area contributed by atoms with E-state index >= 15 is 0 Å². The zero-order valence-corrected chi connectivity index (χ0v) is 5.91. The Balaban J connectivity index is 2.02. The minimum atomic E-state index is 0.679. The highest BCUT2D eigenvalue weighted by Gasteiger charge is 2.33. The van der Waals surface area contributed by atoms with E-state index in [1.54, 1.807) is 13.7 Å². The molecule has 1 aliphatic carbocycles. The summed E-state index contributed by atoms with van der Waals surface area (Å²) >= 11 is 0. The van der Waals surface area contributed by atoms with Gasteiger partial charge in [-0.1, -0.05) is 0 Å². The molecule has 0 saturated heterocycles. The number of hydroxylamine groups is 2. The Morgan fingerprint density at radius 3 is 3.10 bits per heavy atom. The molecule has 55 valence electrons. The summed E-state index contributed by atoms with van der Waals surface area (Å²) in [6.45, 7) is 1.65. The summed E-state index contributed by atoms with van der Waals surface area (Å²) in [5, 5.41) is 1.47. The molecule has 10 heavy (non-hydrogen) atoms. The molecule has 0 aromatic rings. The Bertz CT molecular complexity index is 163. The van der Waals surface area contributed by atoms with Crippen LogP contribution in [0.2, 0.25) is 0 Å². The number of nitrogens with zero attached hydrogens (tertiary/aromatic N) is 1. The van der Waals surface area contributed by atoms with E-state index in [0.717, 1.165) is 5.70 Å². The molecule has 1 saturated carbocycles. The van der Waals surface area contributed by atoms with Gasteiger partial charge in [-0.25, -0.2) is 4.84 Å². The third-order valence-electron chi connectivity index (χ3n) is 1.77. The highest BCUT2D eigenvalue weighted by molar-refractivity contribution is 5.14. The lowest BCUT2D eigenvalue weighted by atomic mass is 10.3. The summed E-state index contributed by atoms with van der Waals surface area (Å²) in [4.78, 5) is 9.95. The lowest BCUT2D eigenvalue weighted by Gasteiger charge is -2.15. The maximum Gasteiger partial charge on any atom is 0.141 e. The van der Waals surface area contributed by atoms with E-state index in [0.29, 0.717) is 5.92 Å². The summed E-state index contributed by atoms with van der Waals surface area (Å²) < 4.78 is 0. The normalized spacial score (nSPS) is 25.3. The fourth-order valence-corrected chi connectivity index (χ4v) is 1.09. The SMILES string of the molecule is CON1O[CH]C=C1C1CC1. The molecule has 2 aliphatic rings. The Morgan fingerprint density at radius 1 is 1.70 bits per heavy atom. The maximum atomic E-state index is 5.01. The third kappa shape index (κ3) is 0.914. The molecule has 3 nitrogen and oxygen atoms in total. The van der Waals surface area contributed by atoms with Crippen LogP contribution in [0.25, 0.3) is 0 Å². The maximum absolute atomic E-state index is 5.01. The number of rotatable bonds is 2. The smallest absolute Gasteiger partial charge is 0.141 e. The van der Waals surface area contributed by atoms with Gasteiger partial charge in [0.05, 0.1) is 12.8 Å². The van der Waals surface area contributed by atoms with E-state index in [9.17, 15) is 0 Å². The van der Waals surface area contributed by atoms with Crippen LogP contribution in [-0.4, -0.2) is 12.3 Å². The van der Waals surface area contributed by atoms with Crippen LogP contribution < -0.4 is 0 Å². The van der Waals surface area contributed by atoms with Crippen molar-refractivity contribution >= 4 is 0 Å². The van der Waals surface area contributed by atoms with E-state index in [2.05, 4.69) is 0 Å². The van der Waals surface area contributed by atoms with Gasteiger partial charge in [0.2, 0.25) is 0 Å². The van der Waals surface area contributed by atoms with Gasteiger partial charge in [0, 0.05) is 5.92 Å². The highest BCUT2D eigenvalue weighted by atomic mass is 16.9. The van der Waals surface area contributed by atoms with Crippen LogP contribution in [0.5, 0.6) is 0 Å². The number of hydrogen-bond donors (Lipinski definition) is 0. The minimum Gasteiger partial charge on any atom is -0.252 e. The second kappa shape index (κ2) is 2.25. The van der Waals surface area contributed by atoms with Crippen LogP contribution in [0.4, 0.5) is 0 Å². The van der Waals surface area contributed by atoms with Gasteiger partial charge >= 0.3 is 0 Å². The van der Waals surface area contributed by atoms with Gasteiger partial charge in [-0.05, 0) is 18.9 Å². The first kappa shape index (κ1) is 6.19. The van der Waals surface area contributed by atoms with Crippen molar-refractivity contribution < 1.29 is 9.68 Å². The molecule has 1 aliphatic heterocycles. The largest absolute Gasteiger partial charge is 0.252 e. The summed E-state index contributed by atoms with van der Waals surface area (Å²) in [6.07, 6.45) is 4.49. The zero-order valence-electron chi connectivity index (χ0n) is 5.91. The Kier molecular flexibility index (Phi) is 1.39. The average Bonchev–Trinajstić information content (AvgIpc) is 2.69. The molecule has 1 heterocycles. The van der Waals surface area contributed by atoms with E-state index in [1.165, 1.54) is 18.1 Å². The Morgan fingerprint density at radius 2 is 2.50 bits per heavy atom. The van der Waals surface area contributed by atoms with Crippen molar-refractivity contribution in [1.82, 2.24) is 5.23 Å². The van der Waals surface area contributed by atoms with Gasteiger partial charge in [-0.15, -0.1) is 5.23 Å². The Labute approximate surface area is 60.1 Å². The standard InChI is InChI=1S/C7H10NO2/c1-9-8-7(4-5-10-8)6-2-3-6/h4-6H,2-3H2,1H3. The van der Waals surface area contributed by atoms with Crippen LogP contribution in [-0.2, 0) is 9.68 Å². The quantitative estimate of drug-likeness (QED) is 0.576. The molecule has 0 aromatic carbocycles. The topological polar surface area (TPSA) is 21.7 Å². The van der Waals surface area contributed by atoms with Crippen LogP contribution in [0, 0.1) is 12.5 Å². The van der Waals surface area contributed by atoms with Crippen molar-refractivity contribution in [3.8, 4) is 0 Å². The Hall–Kier alpha value is -0.540. The van der Waals surface area contributed by atoms with Gasteiger partial charge in [-0.2, -0.15) is 0 Å². The molecule has 3 heteroatoms. The van der Waals surface area contributed by atoms with Crippen molar-refractivity contribution in [2.45, 2.75) is 12.8 Å². The van der Waals surface area contributed by atoms with Crippen LogP contribution in [0.1, 0.15) is 12.8 Å². The van der Waals surface area contributed by atoms with Crippen LogP contribution in [0.15, 0.2) is 11.8 Å². The number of hydrogen-bond acceptors (Lipinski definition) is 3. The predicted molar refractivity (Wildman–Crippen MR) is 35.0 cm³/mol. The number of allylic oxidation sites excluding steroid dienone is 1. The molecule has 1 fully saturated rings. The van der Waals surface area contributed by atoms with E-state index in [4.69, 9.17) is 9.68 Å². The third-order valence-corrected chi connectivity index (χ3v) is 1.77. The summed E-state index contributed by atoms with van der Waals surface area (Å²) in [6, 6.07) is 0. The van der Waals surface area contributed by atoms with Crippen molar-refractivity contribution in [2.75, 3.05) is 7.11 Å². The molecule has 0 unspecified atom stereocenters. The fourth-order valence-electron chi connectivity index (χ4n) is 1.09.